The largest absolute Gasteiger partial charge is 0.480 e. The molecule has 1 rings (SSSR count). The summed E-state index contributed by atoms with van der Waals surface area (Å²) in [4.78, 5) is 22.9. The molecule has 122 valence electrons. The summed E-state index contributed by atoms with van der Waals surface area (Å²) in [7, 11) is 0. The molecule has 22 heavy (non-hydrogen) atoms. The normalized spacial score (nSPS) is 13.4. The smallest absolute Gasteiger partial charge is 0.387 e. The van der Waals surface area contributed by atoms with Crippen molar-refractivity contribution in [3.05, 3.63) is 23.2 Å². The third-order valence-corrected chi connectivity index (χ3v) is 3.27. The van der Waals surface area contributed by atoms with Crippen molar-refractivity contribution in [3.8, 4) is 5.75 Å². The van der Waals surface area contributed by atoms with Gasteiger partial charge in [-0.15, -0.1) is 0 Å². The Labute approximate surface area is 130 Å². The highest BCUT2D eigenvalue weighted by Gasteiger charge is 2.32. The molecule has 0 aliphatic rings. The van der Waals surface area contributed by atoms with E-state index in [4.69, 9.17) is 16.7 Å². The average molecular weight is 337 g/mol. The fourth-order valence-corrected chi connectivity index (χ4v) is 1.70. The number of ether oxygens (including phenoxy) is 1. The number of carbonyl (C=O) groups excluding carboxylic acids is 1. The maximum Gasteiger partial charge on any atom is 0.387 e. The minimum Gasteiger partial charge on any atom is -0.480 e. The van der Waals surface area contributed by atoms with Crippen LogP contribution < -0.4 is 15.4 Å². The Balaban J connectivity index is 2.77. The van der Waals surface area contributed by atoms with Crippen molar-refractivity contribution >= 4 is 29.3 Å². The van der Waals surface area contributed by atoms with Crippen LogP contribution in [0.5, 0.6) is 5.75 Å². The molecular weight excluding hydrogens is 322 g/mol. The lowest BCUT2D eigenvalue weighted by Crippen LogP contribution is -2.53. The van der Waals surface area contributed by atoms with Crippen LogP contribution in [0.25, 0.3) is 0 Å². The number of aliphatic carboxylic acids is 1. The average Bonchev–Trinajstić information content (AvgIpc) is 2.41. The van der Waals surface area contributed by atoms with Crippen LogP contribution in [0.3, 0.4) is 0 Å². The number of rotatable bonds is 6. The number of halogens is 3. The van der Waals surface area contributed by atoms with Crippen LogP contribution in [0, 0.1) is 0 Å². The van der Waals surface area contributed by atoms with Crippen molar-refractivity contribution in [2.24, 2.45) is 0 Å². The van der Waals surface area contributed by atoms with Gasteiger partial charge in [0, 0.05) is 5.69 Å². The highest BCUT2D eigenvalue weighted by Crippen LogP contribution is 2.28. The van der Waals surface area contributed by atoms with E-state index in [0.29, 0.717) is 0 Å². The first-order chi connectivity index (χ1) is 10.2. The molecule has 0 fully saturated rings. The Morgan fingerprint density at radius 1 is 1.45 bits per heavy atom. The summed E-state index contributed by atoms with van der Waals surface area (Å²) in [6, 6.07) is 2.92. The van der Waals surface area contributed by atoms with Gasteiger partial charge < -0.3 is 20.5 Å². The second kappa shape index (κ2) is 7.26. The summed E-state index contributed by atoms with van der Waals surface area (Å²) < 4.78 is 28.4. The van der Waals surface area contributed by atoms with Crippen molar-refractivity contribution in [1.82, 2.24) is 5.32 Å². The van der Waals surface area contributed by atoms with Gasteiger partial charge >= 0.3 is 18.6 Å². The molecule has 1 atom stereocenters. The number of hydrogen-bond acceptors (Lipinski definition) is 3. The molecule has 6 nitrogen and oxygen atoms in total. The first kappa shape index (κ1) is 18.0. The molecule has 0 radical (unpaired) electrons. The molecule has 2 amide bonds. The van der Waals surface area contributed by atoms with E-state index in [0.717, 1.165) is 0 Å². The van der Waals surface area contributed by atoms with Crippen LogP contribution in [-0.2, 0) is 4.79 Å². The number of nitrogens with one attached hydrogen (secondary N) is 2. The predicted octanol–water partition coefficient (Wildman–Crippen LogP) is 3.32. The monoisotopic (exact) mass is 336 g/mol. The molecule has 3 N–H and O–H groups in total. The van der Waals surface area contributed by atoms with Crippen LogP contribution in [0.4, 0.5) is 19.3 Å². The van der Waals surface area contributed by atoms with Gasteiger partial charge in [0.1, 0.15) is 11.3 Å². The third kappa shape index (κ3) is 4.73. The SMILES string of the molecule is CC[C@@](C)(NC(=O)Nc1ccc(OC(F)F)c(Cl)c1)C(=O)O. The summed E-state index contributed by atoms with van der Waals surface area (Å²) in [5, 5.41) is 13.6. The minimum absolute atomic E-state index is 0.116. The fourth-order valence-electron chi connectivity index (χ4n) is 1.48. The zero-order valence-corrected chi connectivity index (χ0v) is 12.6. The molecule has 0 heterocycles. The predicted molar refractivity (Wildman–Crippen MR) is 76.6 cm³/mol. The Morgan fingerprint density at radius 2 is 2.09 bits per heavy atom. The Bertz CT molecular complexity index is 571. The Hall–Kier alpha value is -2.09. The zero-order valence-electron chi connectivity index (χ0n) is 11.8. The number of carboxylic acids is 1. The zero-order chi connectivity index (χ0) is 16.9. The summed E-state index contributed by atoms with van der Waals surface area (Å²) in [6.45, 7) is -0.0381. The van der Waals surface area contributed by atoms with Crippen LogP contribution in [-0.4, -0.2) is 29.3 Å². The topological polar surface area (TPSA) is 87.7 Å². The van der Waals surface area contributed by atoms with Crippen molar-refractivity contribution in [3.63, 3.8) is 0 Å². The highest BCUT2D eigenvalue weighted by molar-refractivity contribution is 6.32. The Kier molecular flexibility index (Phi) is 5.92. The van der Waals surface area contributed by atoms with Crippen molar-refractivity contribution in [2.45, 2.75) is 32.4 Å². The van der Waals surface area contributed by atoms with Crippen LogP contribution in [0.2, 0.25) is 5.02 Å². The Morgan fingerprint density at radius 3 is 2.55 bits per heavy atom. The van der Waals surface area contributed by atoms with E-state index in [1.807, 2.05) is 0 Å². The first-order valence-corrected chi connectivity index (χ1v) is 6.62. The number of urea groups is 1. The van der Waals surface area contributed by atoms with Crippen molar-refractivity contribution < 1.29 is 28.2 Å². The lowest BCUT2D eigenvalue weighted by molar-refractivity contribution is -0.143. The molecule has 0 saturated heterocycles. The van der Waals surface area contributed by atoms with Gasteiger partial charge in [-0.1, -0.05) is 18.5 Å². The fraction of sp³-hybridized carbons (Fsp3) is 0.385. The van der Waals surface area contributed by atoms with E-state index in [1.54, 1.807) is 6.92 Å². The lowest BCUT2D eigenvalue weighted by atomic mass is 10.00. The maximum absolute atomic E-state index is 12.1. The van der Waals surface area contributed by atoms with Gasteiger partial charge in [-0.25, -0.2) is 9.59 Å². The second-order valence-electron chi connectivity index (χ2n) is 4.59. The summed E-state index contributed by atoms with van der Waals surface area (Å²) >= 11 is 5.74. The van der Waals surface area contributed by atoms with E-state index in [9.17, 15) is 18.4 Å². The number of amides is 2. The third-order valence-electron chi connectivity index (χ3n) is 2.97. The van der Waals surface area contributed by atoms with Gasteiger partial charge in [0.2, 0.25) is 0 Å². The number of carboxylic acid groups (broad SMARTS) is 1. The number of alkyl halides is 2. The summed E-state index contributed by atoms with van der Waals surface area (Å²) in [5.41, 5.74) is -1.22. The summed E-state index contributed by atoms with van der Waals surface area (Å²) in [6.07, 6.45) is 0.178. The lowest BCUT2D eigenvalue weighted by Gasteiger charge is -2.24. The highest BCUT2D eigenvalue weighted by atomic mass is 35.5. The quantitative estimate of drug-likeness (QED) is 0.743. The van der Waals surface area contributed by atoms with Gasteiger partial charge in [-0.3, -0.25) is 0 Å². The molecule has 1 aromatic rings. The number of hydrogen-bond donors (Lipinski definition) is 3. The second-order valence-corrected chi connectivity index (χ2v) is 5.00. The van der Waals surface area contributed by atoms with E-state index in [1.165, 1.54) is 25.1 Å². The summed E-state index contributed by atoms with van der Waals surface area (Å²) in [5.74, 6) is -1.41. The van der Waals surface area contributed by atoms with Gasteiger partial charge in [0.25, 0.3) is 0 Å². The van der Waals surface area contributed by atoms with Crippen molar-refractivity contribution in [1.29, 1.82) is 0 Å². The van der Waals surface area contributed by atoms with Crippen molar-refractivity contribution in [2.75, 3.05) is 5.32 Å². The molecule has 0 aliphatic carbocycles. The van der Waals surface area contributed by atoms with E-state index in [2.05, 4.69) is 15.4 Å². The van der Waals surface area contributed by atoms with E-state index < -0.39 is 24.2 Å². The van der Waals surface area contributed by atoms with Crippen LogP contribution >= 0.6 is 11.6 Å². The molecule has 0 spiro atoms. The number of carbonyl (C=O) groups is 2. The number of anilines is 1. The van der Waals surface area contributed by atoms with E-state index in [-0.39, 0.29) is 22.9 Å². The van der Waals surface area contributed by atoms with Gasteiger partial charge in [-0.2, -0.15) is 8.78 Å². The van der Waals surface area contributed by atoms with Gasteiger partial charge in [0.15, 0.2) is 0 Å². The first-order valence-electron chi connectivity index (χ1n) is 6.25. The molecule has 0 bridgehead atoms. The van der Waals surface area contributed by atoms with Crippen LogP contribution in [0.1, 0.15) is 20.3 Å². The standard InChI is InChI=1S/C13H15ClF2N2O4/c1-3-13(2,10(19)20)18-12(21)17-7-4-5-9(8(14)6-7)22-11(15)16/h4-6,11H,3H2,1-2H3,(H,19,20)(H2,17,18,21)/t13-/m1/s1. The molecule has 1 aromatic carbocycles. The number of benzene rings is 1. The van der Waals surface area contributed by atoms with Gasteiger partial charge in [0.05, 0.1) is 5.02 Å². The van der Waals surface area contributed by atoms with Crippen LogP contribution in [0.15, 0.2) is 18.2 Å². The molecular formula is C13H15ClF2N2O4. The minimum atomic E-state index is -3.01. The molecule has 0 unspecified atom stereocenters. The maximum atomic E-state index is 12.1. The van der Waals surface area contributed by atoms with E-state index >= 15 is 0 Å². The molecule has 9 heteroatoms. The van der Waals surface area contributed by atoms with Gasteiger partial charge in [-0.05, 0) is 31.5 Å². The molecule has 0 saturated carbocycles. The molecule has 0 aromatic heterocycles. The molecule has 0 aliphatic heterocycles.